The zero-order chi connectivity index (χ0) is 10.1. The highest BCUT2D eigenvalue weighted by Gasteiger charge is 2.50. The Morgan fingerprint density at radius 2 is 2.29 bits per heavy atom. The molecule has 4 nitrogen and oxygen atoms in total. The van der Waals surface area contributed by atoms with Crippen molar-refractivity contribution in [2.75, 3.05) is 20.8 Å². The summed E-state index contributed by atoms with van der Waals surface area (Å²) in [5, 5.41) is 0. The highest BCUT2D eigenvalue weighted by Crippen LogP contribution is 2.42. The van der Waals surface area contributed by atoms with E-state index in [1.165, 1.54) is 0 Å². The topological polar surface area (TPSA) is 44.8 Å². The van der Waals surface area contributed by atoms with Crippen molar-refractivity contribution in [1.29, 1.82) is 0 Å². The largest absolute Gasteiger partial charge is 0.462 e. The van der Waals surface area contributed by atoms with Gasteiger partial charge in [0, 0.05) is 32.5 Å². The van der Waals surface area contributed by atoms with E-state index in [1.54, 1.807) is 14.2 Å². The van der Waals surface area contributed by atoms with Crippen molar-refractivity contribution in [3.05, 3.63) is 0 Å². The minimum absolute atomic E-state index is 0.0626. The lowest BCUT2D eigenvalue weighted by molar-refractivity contribution is -0.142. The van der Waals surface area contributed by atoms with Gasteiger partial charge in [0.2, 0.25) is 0 Å². The van der Waals surface area contributed by atoms with Crippen molar-refractivity contribution in [3.63, 3.8) is 0 Å². The molecule has 0 unspecified atom stereocenters. The van der Waals surface area contributed by atoms with Gasteiger partial charge in [-0.2, -0.15) is 0 Å². The third-order valence-electron chi connectivity index (χ3n) is 3.32. The molecule has 0 aromatic carbocycles. The number of ether oxygens (including phenoxy) is 3. The highest BCUT2D eigenvalue weighted by molar-refractivity contribution is 5.72. The highest BCUT2D eigenvalue weighted by atomic mass is 16.6. The van der Waals surface area contributed by atoms with Crippen molar-refractivity contribution < 1.29 is 19.0 Å². The SMILES string of the molecule is COC[C@@H]1[C@H]2CC(=O)O[C@H]2C[C@H]1OC. The monoisotopic (exact) mass is 200 g/mol. The van der Waals surface area contributed by atoms with E-state index in [9.17, 15) is 4.79 Å². The van der Waals surface area contributed by atoms with Crippen LogP contribution in [0, 0.1) is 11.8 Å². The Kier molecular flexibility index (Phi) is 2.74. The van der Waals surface area contributed by atoms with Crippen LogP contribution < -0.4 is 0 Å². The van der Waals surface area contributed by atoms with E-state index in [1.807, 2.05) is 0 Å². The fourth-order valence-corrected chi connectivity index (χ4v) is 2.65. The molecule has 0 N–H and O–H groups in total. The number of rotatable bonds is 3. The van der Waals surface area contributed by atoms with E-state index in [0.717, 1.165) is 6.42 Å². The predicted molar refractivity (Wildman–Crippen MR) is 48.8 cm³/mol. The zero-order valence-corrected chi connectivity index (χ0v) is 8.56. The Morgan fingerprint density at radius 3 is 2.93 bits per heavy atom. The summed E-state index contributed by atoms with van der Waals surface area (Å²) in [6, 6.07) is 0. The third kappa shape index (κ3) is 1.53. The zero-order valence-electron chi connectivity index (χ0n) is 8.56. The Hall–Kier alpha value is -0.610. The minimum atomic E-state index is -0.0735. The minimum Gasteiger partial charge on any atom is -0.462 e. The third-order valence-corrected chi connectivity index (χ3v) is 3.32. The van der Waals surface area contributed by atoms with Crippen LogP contribution in [0.3, 0.4) is 0 Å². The molecule has 0 aromatic heterocycles. The molecular formula is C10H16O4. The fraction of sp³-hybridized carbons (Fsp3) is 0.900. The number of carbonyl (C=O) groups is 1. The molecule has 80 valence electrons. The molecule has 0 spiro atoms. The van der Waals surface area contributed by atoms with Crippen molar-refractivity contribution in [1.82, 2.24) is 0 Å². The average molecular weight is 200 g/mol. The van der Waals surface area contributed by atoms with Gasteiger partial charge < -0.3 is 14.2 Å². The number of hydrogen-bond acceptors (Lipinski definition) is 4. The molecule has 14 heavy (non-hydrogen) atoms. The first-order valence-corrected chi connectivity index (χ1v) is 4.97. The first-order valence-electron chi connectivity index (χ1n) is 4.97. The maximum absolute atomic E-state index is 11.1. The van der Waals surface area contributed by atoms with Crippen LogP contribution in [0.1, 0.15) is 12.8 Å². The summed E-state index contributed by atoms with van der Waals surface area (Å²) in [5.74, 6) is 0.532. The number of fused-ring (bicyclic) bond motifs is 1. The van der Waals surface area contributed by atoms with Gasteiger partial charge in [0.1, 0.15) is 6.10 Å². The van der Waals surface area contributed by atoms with Gasteiger partial charge in [-0.3, -0.25) is 4.79 Å². The average Bonchev–Trinajstić information content (AvgIpc) is 2.64. The molecule has 2 aliphatic rings. The molecule has 0 bridgehead atoms. The molecule has 1 saturated heterocycles. The molecular weight excluding hydrogens is 184 g/mol. The summed E-state index contributed by atoms with van der Waals surface area (Å²) in [5.41, 5.74) is 0. The van der Waals surface area contributed by atoms with E-state index in [4.69, 9.17) is 14.2 Å². The Bertz CT molecular complexity index is 228. The summed E-state index contributed by atoms with van der Waals surface area (Å²) < 4.78 is 15.8. The van der Waals surface area contributed by atoms with Gasteiger partial charge in [-0.1, -0.05) is 0 Å². The van der Waals surface area contributed by atoms with E-state index in [0.29, 0.717) is 24.9 Å². The number of esters is 1. The quantitative estimate of drug-likeness (QED) is 0.626. The lowest BCUT2D eigenvalue weighted by Gasteiger charge is -2.20. The van der Waals surface area contributed by atoms with E-state index >= 15 is 0 Å². The smallest absolute Gasteiger partial charge is 0.306 e. The summed E-state index contributed by atoms with van der Waals surface area (Å²) >= 11 is 0. The van der Waals surface area contributed by atoms with Gasteiger partial charge in [-0.05, 0) is 0 Å². The first kappa shape index (κ1) is 9.93. The van der Waals surface area contributed by atoms with Crippen LogP contribution >= 0.6 is 0 Å². The molecule has 1 aliphatic carbocycles. The maximum Gasteiger partial charge on any atom is 0.306 e. The summed E-state index contributed by atoms with van der Waals surface area (Å²) in [7, 11) is 3.38. The molecule has 1 heterocycles. The summed E-state index contributed by atoms with van der Waals surface area (Å²) in [6.45, 7) is 0.649. The first-order chi connectivity index (χ1) is 6.76. The van der Waals surface area contributed by atoms with Crippen LogP contribution in [0.4, 0.5) is 0 Å². The molecule has 1 aliphatic heterocycles. The molecule has 0 amide bonds. The van der Waals surface area contributed by atoms with E-state index in [-0.39, 0.29) is 18.2 Å². The van der Waals surface area contributed by atoms with E-state index < -0.39 is 0 Å². The van der Waals surface area contributed by atoms with Crippen LogP contribution in [0.25, 0.3) is 0 Å². The molecule has 2 fully saturated rings. The molecule has 0 radical (unpaired) electrons. The number of methoxy groups -OCH3 is 2. The second-order valence-corrected chi connectivity index (χ2v) is 4.03. The Morgan fingerprint density at radius 1 is 1.50 bits per heavy atom. The maximum atomic E-state index is 11.1. The lowest BCUT2D eigenvalue weighted by Crippen LogP contribution is -2.26. The fourth-order valence-electron chi connectivity index (χ4n) is 2.65. The van der Waals surface area contributed by atoms with Gasteiger partial charge >= 0.3 is 5.97 Å². The molecule has 2 rings (SSSR count). The molecule has 0 aromatic rings. The van der Waals surface area contributed by atoms with Crippen molar-refractivity contribution in [3.8, 4) is 0 Å². The van der Waals surface area contributed by atoms with Crippen LogP contribution in [0.5, 0.6) is 0 Å². The Balaban J connectivity index is 2.06. The van der Waals surface area contributed by atoms with Crippen molar-refractivity contribution in [2.24, 2.45) is 11.8 Å². The molecule has 4 atom stereocenters. The van der Waals surface area contributed by atoms with Crippen molar-refractivity contribution in [2.45, 2.75) is 25.0 Å². The van der Waals surface area contributed by atoms with Gasteiger partial charge in [-0.25, -0.2) is 0 Å². The molecule has 4 heteroatoms. The lowest BCUT2D eigenvalue weighted by atomic mass is 9.93. The Labute approximate surface area is 83.5 Å². The van der Waals surface area contributed by atoms with Crippen LogP contribution in [-0.4, -0.2) is 39.0 Å². The standard InChI is InChI=1S/C10H16O4/c1-12-5-7-6-3-10(11)14-9(6)4-8(7)13-2/h6-9H,3-5H2,1-2H3/t6-,7-,8-,9+/m1/s1. The van der Waals surface area contributed by atoms with Gasteiger partial charge in [0.05, 0.1) is 19.1 Å². The van der Waals surface area contributed by atoms with Gasteiger partial charge in [0.15, 0.2) is 0 Å². The van der Waals surface area contributed by atoms with Gasteiger partial charge in [0.25, 0.3) is 0 Å². The molecule has 1 saturated carbocycles. The normalized spacial score (nSPS) is 41.1. The van der Waals surface area contributed by atoms with Gasteiger partial charge in [-0.15, -0.1) is 0 Å². The summed E-state index contributed by atoms with van der Waals surface area (Å²) in [4.78, 5) is 11.1. The summed E-state index contributed by atoms with van der Waals surface area (Å²) in [6.07, 6.45) is 1.59. The van der Waals surface area contributed by atoms with Crippen molar-refractivity contribution >= 4 is 5.97 Å². The van der Waals surface area contributed by atoms with E-state index in [2.05, 4.69) is 0 Å². The predicted octanol–water partition coefficient (Wildman–Crippen LogP) is 0.599. The van der Waals surface area contributed by atoms with Crippen LogP contribution in [-0.2, 0) is 19.0 Å². The van der Waals surface area contributed by atoms with Crippen LogP contribution in [0.2, 0.25) is 0 Å². The number of hydrogen-bond donors (Lipinski definition) is 0. The second kappa shape index (κ2) is 3.87. The second-order valence-electron chi connectivity index (χ2n) is 4.03. The number of carbonyl (C=O) groups excluding carboxylic acids is 1. The van der Waals surface area contributed by atoms with Crippen LogP contribution in [0.15, 0.2) is 0 Å².